The van der Waals surface area contributed by atoms with E-state index >= 15 is 0 Å². The molecule has 0 aromatic heterocycles. The molecule has 116 valence electrons. The van der Waals surface area contributed by atoms with Gasteiger partial charge in [0.25, 0.3) is 5.91 Å². The van der Waals surface area contributed by atoms with Crippen LogP contribution in [-0.2, 0) is 16.1 Å². The summed E-state index contributed by atoms with van der Waals surface area (Å²) >= 11 is 4.98. The Morgan fingerprint density at radius 1 is 1.27 bits per heavy atom. The van der Waals surface area contributed by atoms with Crippen LogP contribution in [0.25, 0.3) is 0 Å². The molecule has 2 saturated heterocycles. The van der Waals surface area contributed by atoms with Crippen molar-refractivity contribution in [2.45, 2.75) is 25.0 Å². The fourth-order valence-electron chi connectivity index (χ4n) is 2.76. The van der Waals surface area contributed by atoms with Crippen molar-refractivity contribution in [3.63, 3.8) is 0 Å². The lowest BCUT2D eigenvalue weighted by Gasteiger charge is -2.36. The van der Waals surface area contributed by atoms with E-state index < -0.39 is 5.54 Å². The molecule has 22 heavy (non-hydrogen) atoms. The maximum absolute atomic E-state index is 12.1. The lowest BCUT2D eigenvalue weighted by Crippen LogP contribution is -2.55. The molecule has 0 radical (unpaired) electrons. The number of hydrogen-bond donors (Lipinski definition) is 2. The summed E-state index contributed by atoms with van der Waals surface area (Å²) in [4.78, 5) is 25.7. The van der Waals surface area contributed by atoms with Gasteiger partial charge in [0, 0.05) is 13.1 Å². The summed E-state index contributed by atoms with van der Waals surface area (Å²) in [6, 6.07) is 9.54. The number of amides is 2. The van der Waals surface area contributed by atoms with Crippen LogP contribution >= 0.6 is 12.2 Å². The quantitative estimate of drug-likeness (QED) is 0.801. The van der Waals surface area contributed by atoms with Gasteiger partial charge in [-0.25, -0.2) is 4.79 Å². The van der Waals surface area contributed by atoms with E-state index in [4.69, 9.17) is 17.0 Å². The minimum atomic E-state index is -0.659. The average molecular weight is 319 g/mol. The Hall–Kier alpha value is -2.15. The van der Waals surface area contributed by atoms with Crippen molar-refractivity contribution in [1.82, 2.24) is 15.5 Å². The van der Waals surface area contributed by atoms with Crippen molar-refractivity contribution >= 4 is 29.3 Å². The third-order valence-corrected chi connectivity index (χ3v) is 4.30. The molecule has 3 rings (SSSR count). The fourth-order valence-corrected chi connectivity index (χ4v) is 3.05. The number of piperidine rings is 1. The Morgan fingerprint density at radius 2 is 1.95 bits per heavy atom. The van der Waals surface area contributed by atoms with Crippen molar-refractivity contribution < 1.29 is 14.3 Å². The summed E-state index contributed by atoms with van der Waals surface area (Å²) in [6.07, 6.45) is 0.707. The van der Waals surface area contributed by atoms with Gasteiger partial charge in [0.2, 0.25) is 0 Å². The molecule has 2 fully saturated rings. The summed E-state index contributed by atoms with van der Waals surface area (Å²) < 4.78 is 5.31. The highest BCUT2D eigenvalue weighted by molar-refractivity contribution is 7.80. The first-order valence-corrected chi connectivity index (χ1v) is 7.59. The maximum atomic E-state index is 12.1. The SMILES string of the molecule is O=C(OCc1ccccc1)N1CCC2(CC1)NC(=S)NC2=O. The van der Waals surface area contributed by atoms with Gasteiger partial charge in [-0.1, -0.05) is 30.3 Å². The molecular formula is C15H17N3O3S. The molecule has 0 aliphatic carbocycles. The Balaban J connectivity index is 1.52. The summed E-state index contributed by atoms with van der Waals surface area (Å²) in [5.74, 6) is -0.102. The van der Waals surface area contributed by atoms with Crippen molar-refractivity contribution in [3.05, 3.63) is 35.9 Å². The van der Waals surface area contributed by atoms with Crippen LogP contribution in [0.2, 0.25) is 0 Å². The van der Waals surface area contributed by atoms with Crippen LogP contribution in [0.3, 0.4) is 0 Å². The second kappa shape index (κ2) is 5.92. The molecule has 0 bridgehead atoms. The van der Waals surface area contributed by atoms with E-state index in [1.807, 2.05) is 30.3 Å². The van der Waals surface area contributed by atoms with E-state index in [1.54, 1.807) is 4.90 Å². The largest absolute Gasteiger partial charge is 0.445 e. The van der Waals surface area contributed by atoms with E-state index in [2.05, 4.69) is 10.6 Å². The lowest BCUT2D eigenvalue weighted by molar-refractivity contribution is -0.125. The van der Waals surface area contributed by atoms with Crippen LogP contribution in [0.15, 0.2) is 30.3 Å². The number of carbonyl (C=O) groups is 2. The van der Waals surface area contributed by atoms with Crippen molar-refractivity contribution in [1.29, 1.82) is 0 Å². The fraction of sp³-hybridized carbons (Fsp3) is 0.400. The van der Waals surface area contributed by atoms with Crippen LogP contribution in [0.5, 0.6) is 0 Å². The number of likely N-dealkylation sites (tertiary alicyclic amines) is 1. The standard InChI is InChI=1S/C15H17N3O3S/c19-12-15(17-13(22)16-12)6-8-18(9-7-15)14(20)21-10-11-4-2-1-3-5-11/h1-5H,6-10H2,(H2,16,17,19,22). The zero-order valence-electron chi connectivity index (χ0n) is 12.0. The van der Waals surface area contributed by atoms with E-state index in [0.29, 0.717) is 31.0 Å². The molecule has 2 aliphatic rings. The molecule has 0 unspecified atom stereocenters. The Labute approximate surface area is 133 Å². The Morgan fingerprint density at radius 3 is 2.55 bits per heavy atom. The first kappa shape index (κ1) is 14.8. The van der Waals surface area contributed by atoms with Gasteiger partial charge in [-0.05, 0) is 30.6 Å². The van der Waals surface area contributed by atoms with Gasteiger partial charge in [0.1, 0.15) is 12.1 Å². The molecule has 1 aromatic carbocycles. The van der Waals surface area contributed by atoms with Crippen LogP contribution in [0.1, 0.15) is 18.4 Å². The molecule has 1 aromatic rings. The first-order valence-electron chi connectivity index (χ1n) is 7.18. The van der Waals surface area contributed by atoms with Gasteiger partial charge >= 0.3 is 6.09 Å². The van der Waals surface area contributed by atoms with Crippen molar-refractivity contribution in [3.8, 4) is 0 Å². The van der Waals surface area contributed by atoms with Gasteiger partial charge in [-0.3, -0.25) is 4.79 Å². The number of benzene rings is 1. The molecule has 2 aliphatic heterocycles. The number of rotatable bonds is 2. The molecule has 1 spiro atoms. The third kappa shape index (κ3) is 2.89. The van der Waals surface area contributed by atoms with E-state index in [0.717, 1.165) is 5.56 Å². The highest BCUT2D eigenvalue weighted by Crippen LogP contribution is 2.25. The highest BCUT2D eigenvalue weighted by Gasteiger charge is 2.47. The number of thiocarbonyl (C=S) groups is 1. The Kier molecular flexibility index (Phi) is 3.98. The number of carbonyl (C=O) groups excluding carboxylic acids is 2. The molecule has 2 amide bonds. The van der Waals surface area contributed by atoms with E-state index in [-0.39, 0.29) is 18.6 Å². The van der Waals surface area contributed by atoms with Gasteiger partial charge in [0.05, 0.1) is 0 Å². The number of hydrogen-bond acceptors (Lipinski definition) is 4. The first-order chi connectivity index (χ1) is 10.6. The van der Waals surface area contributed by atoms with E-state index in [1.165, 1.54) is 0 Å². The molecule has 0 saturated carbocycles. The zero-order valence-corrected chi connectivity index (χ0v) is 12.8. The summed E-state index contributed by atoms with van der Waals surface area (Å²) in [5, 5.41) is 6.01. The summed E-state index contributed by atoms with van der Waals surface area (Å²) in [7, 11) is 0. The van der Waals surface area contributed by atoms with Gasteiger partial charge in [-0.2, -0.15) is 0 Å². The maximum Gasteiger partial charge on any atom is 0.410 e. The van der Waals surface area contributed by atoms with Crippen LogP contribution < -0.4 is 10.6 Å². The predicted octanol–water partition coefficient (Wildman–Crippen LogP) is 1.16. The minimum absolute atomic E-state index is 0.102. The molecule has 2 N–H and O–H groups in total. The number of ether oxygens (including phenoxy) is 1. The van der Waals surface area contributed by atoms with Crippen molar-refractivity contribution in [2.24, 2.45) is 0 Å². The van der Waals surface area contributed by atoms with Crippen LogP contribution in [0, 0.1) is 0 Å². The zero-order chi connectivity index (χ0) is 15.6. The molecular weight excluding hydrogens is 302 g/mol. The average Bonchev–Trinajstić information content (AvgIpc) is 2.80. The number of nitrogens with zero attached hydrogens (tertiary/aromatic N) is 1. The van der Waals surface area contributed by atoms with Crippen molar-refractivity contribution in [2.75, 3.05) is 13.1 Å². The monoisotopic (exact) mass is 319 g/mol. The lowest BCUT2D eigenvalue weighted by atomic mass is 9.88. The predicted molar refractivity (Wildman–Crippen MR) is 84.0 cm³/mol. The second-order valence-corrected chi connectivity index (χ2v) is 5.93. The molecule has 6 nitrogen and oxygen atoms in total. The Bertz CT molecular complexity index is 597. The van der Waals surface area contributed by atoms with Crippen LogP contribution in [-0.4, -0.2) is 40.6 Å². The molecule has 0 atom stereocenters. The smallest absolute Gasteiger partial charge is 0.410 e. The normalized spacial score (nSPS) is 19.7. The van der Waals surface area contributed by atoms with Gasteiger partial charge in [-0.15, -0.1) is 0 Å². The van der Waals surface area contributed by atoms with Gasteiger partial charge < -0.3 is 20.3 Å². The van der Waals surface area contributed by atoms with Crippen LogP contribution in [0.4, 0.5) is 4.79 Å². The molecule has 7 heteroatoms. The van der Waals surface area contributed by atoms with E-state index in [9.17, 15) is 9.59 Å². The summed E-state index contributed by atoms with van der Waals surface area (Å²) in [6.45, 7) is 1.19. The minimum Gasteiger partial charge on any atom is -0.445 e. The second-order valence-electron chi connectivity index (χ2n) is 5.52. The summed E-state index contributed by atoms with van der Waals surface area (Å²) in [5.41, 5.74) is 0.291. The molecule has 2 heterocycles. The topological polar surface area (TPSA) is 70.7 Å². The highest BCUT2D eigenvalue weighted by atomic mass is 32.1. The number of nitrogens with one attached hydrogen (secondary N) is 2. The van der Waals surface area contributed by atoms with Gasteiger partial charge in [0.15, 0.2) is 5.11 Å². The third-order valence-electron chi connectivity index (χ3n) is 4.09.